The highest BCUT2D eigenvalue weighted by molar-refractivity contribution is 9.10. The van der Waals surface area contributed by atoms with Crippen LogP contribution >= 0.6 is 15.9 Å². The van der Waals surface area contributed by atoms with E-state index >= 15 is 0 Å². The van der Waals surface area contributed by atoms with E-state index in [2.05, 4.69) is 31.9 Å². The third-order valence-electron chi connectivity index (χ3n) is 3.50. The third kappa shape index (κ3) is 6.03. The minimum atomic E-state index is -0.329. The van der Waals surface area contributed by atoms with Gasteiger partial charge in [0.25, 0.3) is 0 Å². The number of carbonyl (C=O) groups is 2. The molecule has 0 aromatic heterocycles. The number of nitrogens with one attached hydrogen (secondary N) is 3. The molecule has 22 heavy (non-hydrogen) atoms. The Morgan fingerprint density at radius 1 is 1.23 bits per heavy atom. The Kier molecular flexibility index (Phi) is 6.21. The Morgan fingerprint density at radius 2 is 1.91 bits per heavy atom. The zero-order valence-electron chi connectivity index (χ0n) is 12.3. The summed E-state index contributed by atoms with van der Waals surface area (Å²) < 4.78 is 0.944. The SMILES string of the molecule is NC(CNC(=O)CCNC(=O)Nc1ccc(Br)cc1)C1CC1. The summed E-state index contributed by atoms with van der Waals surface area (Å²) in [5.41, 5.74) is 6.60. The fraction of sp³-hybridized carbons (Fsp3) is 0.467. The number of hydrogen-bond acceptors (Lipinski definition) is 3. The van der Waals surface area contributed by atoms with Crippen molar-refractivity contribution in [2.45, 2.75) is 25.3 Å². The normalized spacial score (nSPS) is 15.0. The lowest BCUT2D eigenvalue weighted by molar-refractivity contribution is -0.121. The van der Waals surface area contributed by atoms with Crippen molar-refractivity contribution in [3.63, 3.8) is 0 Å². The standard InChI is InChI=1S/C15H21BrN4O2/c16-11-3-5-12(6-4-11)20-15(22)18-8-7-14(21)19-9-13(17)10-1-2-10/h3-6,10,13H,1-2,7-9,17H2,(H,19,21)(H2,18,20,22). The summed E-state index contributed by atoms with van der Waals surface area (Å²) in [6.45, 7) is 0.793. The van der Waals surface area contributed by atoms with Crippen LogP contribution in [0.5, 0.6) is 0 Å². The molecule has 0 radical (unpaired) electrons. The second kappa shape index (κ2) is 8.14. The van der Waals surface area contributed by atoms with Crippen molar-refractivity contribution < 1.29 is 9.59 Å². The first-order chi connectivity index (χ1) is 10.5. The molecule has 0 saturated heterocycles. The number of amides is 3. The maximum absolute atomic E-state index is 11.7. The van der Waals surface area contributed by atoms with Crippen molar-refractivity contribution in [3.8, 4) is 0 Å². The van der Waals surface area contributed by atoms with Crippen LogP contribution in [0.15, 0.2) is 28.7 Å². The van der Waals surface area contributed by atoms with Gasteiger partial charge in [0, 0.05) is 35.7 Å². The van der Waals surface area contributed by atoms with Crippen LogP contribution in [0.1, 0.15) is 19.3 Å². The van der Waals surface area contributed by atoms with Crippen molar-refractivity contribution in [3.05, 3.63) is 28.7 Å². The smallest absolute Gasteiger partial charge is 0.319 e. The molecule has 2 rings (SSSR count). The average molecular weight is 369 g/mol. The second-order valence-corrected chi connectivity index (χ2v) is 6.36. The summed E-state index contributed by atoms with van der Waals surface area (Å²) in [5.74, 6) is 0.468. The Bertz CT molecular complexity index is 517. The zero-order valence-corrected chi connectivity index (χ0v) is 13.9. The number of anilines is 1. The maximum atomic E-state index is 11.7. The van der Waals surface area contributed by atoms with Crippen LogP contribution in [0.25, 0.3) is 0 Å². The molecule has 3 amide bonds. The van der Waals surface area contributed by atoms with Crippen LogP contribution in [0.2, 0.25) is 0 Å². The fourth-order valence-electron chi connectivity index (χ4n) is 2.01. The largest absolute Gasteiger partial charge is 0.354 e. The molecule has 1 aliphatic rings. The molecule has 120 valence electrons. The number of carbonyl (C=O) groups excluding carboxylic acids is 2. The molecule has 7 heteroatoms. The average Bonchev–Trinajstić information content (AvgIpc) is 3.32. The van der Waals surface area contributed by atoms with Gasteiger partial charge in [0.05, 0.1) is 0 Å². The molecule has 0 bridgehead atoms. The number of nitrogens with two attached hydrogens (primary N) is 1. The van der Waals surface area contributed by atoms with Gasteiger partial charge in [-0.15, -0.1) is 0 Å². The summed E-state index contributed by atoms with van der Waals surface area (Å²) in [6, 6.07) is 6.98. The molecule has 1 aromatic carbocycles. The number of benzene rings is 1. The van der Waals surface area contributed by atoms with Gasteiger partial charge < -0.3 is 21.7 Å². The zero-order chi connectivity index (χ0) is 15.9. The Hall–Kier alpha value is -1.60. The molecular weight excluding hydrogens is 348 g/mol. The molecule has 0 aliphatic heterocycles. The van der Waals surface area contributed by atoms with E-state index in [0.717, 1.165) is 17.3 Å². The van der Waals surface area contributed by atoms with Gasteiger partial charge in [0.1, 0.15) is 0 Å². The molecule has 1 aromatic rings. The van der Waals surface area contributed by atoms with Crippen LogP contribution in [0, 0.1) is 5.92 Å². The molecule has 5 N–H and O–H groups in total. The molecule has 1 saturated carbocycles. The molecule has 1 fully saturated rings. The molecule has 1 aliphatic carbocycles. The molecule has 0 spiro atoms. The summed E-state index contributed by atoms with van der Waals surface area (Å²) in [6.07, 6.45) is 2.56. The van der Waals surface area contributed by atoms with Crippen molar-refractivity contribution >= 4 is 33.6 Å². The van der Waals surface area contributed by atoms with E-state index in [0.29, 0.717) is 18.2 Å². The molecule has 1 unspecified atom stereocenters. The minimum Gasteiger partial charge on any atom is -0.354 e. The highest BCUT2D eigenvalue weighted by Crippen LogP contribution is 2.31. The van der Waals surface area contributed by atoms with Crippen molar-refractivity contribution in [1.82, 2.24) is 10.6 Å². The fourth-order valence-corrected chi connectivity index (χ4v) is 2.27. The topological polar surface area (TPSA) is 96.2 Å². The number of hydrogen-bond donors (Lipinski definition) is 4. The van der Waals surface area contributed by atoms with E-state index in [1.165, 1.54) is 0 Å². The number of urea groups is 1. The first kappa shape index (κ1) is 16.8. The van der Waals surface area contributed by atoms with Crippen LogP contribution in [0.4, 0.5) is 10.5 Å². The summed E-state index contributed by atoms with van der Waals surface area (Å²) in [4.78, 5) is 23.3. The summed E-state index contributed by atoms with van der Waals surface area (Å²) in [7, 11) is 0. The molecule has 1 atom stereocenters. The monoisotopic (exact) mass is 368 g/mol. The Labute approximate surface area is 138 Å². The van der Waals surface area contributed by atoms with Gasteiger partial charge in [-0.3, -0.25) is 4.79 Å². The highest BCUT2D eigenvalue weighted by atomic mass is 79.9. The van der Waals surface area contributed by atoms with Gasteiger partial charge in [0.15, 0.2) is 0 Å². The third-order valence-corrected chi connectivity index (χ3v) is 4.03. The van der Waals surface area contributed by atoms with Gasteiger partial charge in [-0.25, -0.2) is 4.79 Å². The first-order valence-electron chi connectivity index (χ1n) is 7.37. The van der Waals surface area contributed by atoms with Crippen molar-refractivity contribution in [1.29, 1.82) is 0 Å². The van der Waals surface area contributed by atoms with Crippen molar-refractivity contribution in [2.75, 3.05) is 18.4 Å². The molecular formula is C15H21BrN4O2. The van der Waals surface area contributed by atoms with E-state index < -0.39 is 0 Å². The van der Waals surface area contributed by atoms with E-state index in [1.54, 1.807) is 12.1 Å². The molecule has 0 heterocycles. The molecule has 6 nitrogen and oxygen atoms in total. The van der Waals surface area contributed by atoms with E-state index in [9.17, 15) is 9.59 Å². The summed E-state index contributed by atoms with van der Waals surface area (Å²) in [5, 5.41) is 8.13. The predicted octanol–water partition coefficient (Wildman–Crippen LogP) is 1.81. The predicted molar refractivity (Wildman–Crippen MR) is 89.5 cm³/mol. The van der Waals surface area contributed by atoms with E-state index in [4.69, 9.17) is 5.73 Å². The Morgan fingerprint density at radius 3 is 2.55 bits per heavy atom. The quantitative estimate of drug-likeness (QED) is 0.590. The van der Waals surface area contributed by atoms with Crippen molar-refractivity contribution in [2.24, 2.45) is 11.7 Å². The lowest BCUT2D eigenvalue weighted by atomic mass is 10.2. The first-order valence-corrected chi connectivity index (χ1v) is 8.16. The number of rotatable bonds is 7. The Balaban J connectivity index is 1.57. The van der Waals surface area contributed by atoms with Gasteiger partial charge in [-0.05, 0) is 43.0 Å². The second-order valence-electron chi connectivity index (χ2n) is 5.44. The van der Waals surface area contributed by atoms with Crippen LogP contribution in [0.3, 0.4) is 0 Å². The lowest BCUT2D eigenvalue weighted by Gasteiger charge is -2.12. The minimum absolute atomic E-state index is 0.0533. The van der Waals surface area contributed by atoms with E-state index in [-0.39, 0.29) is 30.9 Å². The van der Waals surface area contributed by atoms with Crippen LogP contribution in [-0.2, 0) is 4.79 Å². The van der Waals surface area contributed by atoms with Gasteiger partial charge >= 0.3 is 6.03 Å². The maximum Gasteiger partial charge on any atom is 0.319 e. The van der Waals surface area contributed by atoms with Crippen LogP contribution < -0.4 is 21.7 Å². The van der Waals surface area contributed by atoms with Gasteiger partial charge in [0.2, 0.25) is 5.91 Å². The van der Waals surface area contributed by atoms with Crippen LogP contribution in [-0.4, -0.2) is 31.1 Å². The van der Waals surface area contributed by atoms with Gasteiger partial charge in [-0.2, -0.15) is 0 Å². The summed E-state index contributed by atoms with van der Waals surface area (Å²) >= 11 is 3.33. The van der Waals surface area contributed by atoms with E-state index in [1.807, 2.05) is 12.1 Å². The lowest BCUT2D eigenvalue weighted by Crippen LogP contribution is -2.40. The highest BCUT2D eigenvalue weighted by Gasteiger charge is 2.28. The number of halogens is 1. The van der Waals surface area contributed by atoms with Gasteiger partial charge in [-0.1, -0.05) is 15.9 Å².